The molecule has 0 amide bonds. The van der Waals surface area contributed by atoms with Gasteiger partial charge in [0, 0.05) is 6.20 Å². The molecule has 0 aliphatic heterocycles. The van der Waals surface area contributed by atoms with Crippen LogP contribution in [-0.2, 0) is 4.87 Å². The lowest BCUT2D eigenvalue weighted by Crippen LogP contribution is -2.36. The molecular weight excluding hydrogens is 215 g/mol. The number of aromatic nitrogens is 1. The summed E-state index contributed by atoms with van der Waals surface area (Å²) in [5.74, 6) is 1.51. The fourth-order valence-electron chi connectivity index (χ4n) is 0.868. The van der Waals surface area contributed by atoms with E-state index in [2.05, 4.69) is 4.98 Å². The molecule has 5 heteroatoms. The third-order valence-electron chi connectivity index (χ3n) is 1.61. The van der Waals surface area contributed by atoms with Crippen LogP contribution in [0.3, 0.4) is 0 Å². The zero-order valence-electron chi connectivity index (χ0n) is 6.85. The van der Waals surface area contributed by atoms with Crippen molar-refractivity contribution < 1.29 is 13.2 Å². The van der Waals surface area contributed by atoms with Gasteiger partial charge in [0.25, 0.3) is 0 Å². The third kappa shape index (κ3) is 1.68. The maximum absolute atomic E-state index is 12.5. The Labute approximate surface area is 83.9 Å². The fourth-order valence-corrected chi connectivity index (χ4v) is 0.979. The van der Waals surface area contributed by atoms with Crippen LogP contribution in [0.5, 0.6) is 0 Å². The Kier molecular flexibility index (Phi) is 2.72. The Morgan fingerprint density at radius 2 is 2.00 bits per heavy atom. The Hall–Kier alpha value is -1.21. The number of alkyl halides is 4. The summed E-state index contributed by atoms with van der Waals surface area (Å²) in [4.78, 5) is 0.655. The normalized spacial score (nSPS) is 15.6. The minimum absolute atomic E-state index is 0.392. The van der Waals surface area contributed by atoms with Crippen molar-refractivity contribution in [2.45, 2.75) is 11.1 Å². The Morgan fingerprint density at radius 3 is 2.36 bits per heavy atom. The van der Waals surface area contributed by atoms with Gasteiger partial charge < -0.3 is 0 Å². The first-order valence-corrected chi connectivity index (χ1v) is 3.94. The average Bonchev–Trinajstić information content (AvgIpc) is 2.16. The highest BCUT2D eigenvalue weighted by molar-refractivity contribution is 6.26. The van der Waals surface area contributed by atoms with Gasteiger partial charge in [-0.15, -0.1) is 6.42 Å². The molecule has 0 radical (unpaired) electrons. The van der Waals surface area contributed by atoms with Gasteiger partial charge in [0.15, 0.2) is 0 Å². The molecule has 1 aromatic heterocycles. The molecule has 14 heavy (non-hydrogen) atoms. The third-order valence-corrected chi connectivity index (χ3v) is 2.12. The van der Waals surface area contributed by atoms with Gasteiger partial charge >= 0.3 is 6.18 Å². The summed E-state index contributed by atoms with van der Waals surface area (Å²) in [7, 11) is 0. The van der Waals surface area contributed by atoms with Crippen molar-refractivity contribution in [2.24, 2.45) is 0 Å². The lowest BCUT2D eigenvalue weighted by atomic mass is 10.0. The van der Waals surface area contributed by atoms with Gasteiger partial charge in [-0.1, -0.05) is 23.6 Å². The summed E-state index contributed by atoms with van der Waals surface area (Å²) < 4.78 is 37.4. The average molecular weight is 220 g/mol. The van der Waals surface area contributed by atoms with E-state index in [-0.39, 0.29) is 0 Å². The summed E-state index contributed by atoms with van der Waals surface area (Å²) in [6, 6.07) is 4.01. The van der Waals surface area contributed by atoms with E-state index in [0.717, 1.165) is 6.07 Å². The molecule has 0 fully saturated rings. The Balaban J connectivity index is 3.25. The molecule has 0 N–H and O–H groups in total. The molecule has 74 valence electrons. The Bertz CT molecular complexity index is 355. The zero-order chi connectivity index (χ0) is 10.8. The minimum atomic E-state index is -4.72. The molecule has 0 spiro atoms. The monoisotopic (exact) mass is 219 g/mol. The van der Waals surface area contributed by atoms with Crippen LogP contribution in [0.15, 0.2) is 24.4 Å². The van der Waals surface area contributed by atoms with Crippen LogP contribution in [-0.4, -0.2) is 11.2 Å². The maximum Gasteiger partial charge on any atom is 0.424 e. The highest BCUT2D eigenvalue weighted by atomic mass is 35.5. The Morgan fingerprint density at radius 1 is 1.36 bits per heavy atom. The first kappa shape index (κ1) is 10.9. The highest BCUT2D eigenvalue weighted by Crippen LogP contribution is 2.43. The van der Waals surface area contributed by atoms with Gasteiger partial charge in [-0.05, 0) is 12.1 Å². The highest BCUT2D eigenvalue weighted by Gasteiger charge is 2.55. The molecule has 1 rings (SSSR count). The van der Waals surface area contributed by atoms with Crippen molar-refractivity contribution in [3.63, 3.8) is 0 Å². The van der Waals surface area contributed by atoms with Crippen LogP contribution in [0.1, 0.15) is 5.69 Å². The molecule has 0 saturated carbocycles. The van der Waals surface area contributed by atoms with Crippen LogP contribution in [0.4, 0.5) is 13.2 Å². The van der Waals surface area contributed by atoms with E-state index in [9.17, 15) is 13.2 Å². The van der Waals surface area contributed by atoms with E-state index in [1.807, 2.05) is 0 Å². The van der Waals surface area contributed by atoms with Crippen molar-refractivity contribution >= 4 is 11.6 Å². The molecule has 0 aromatic carbocycles. The summed E-state index contributed by atoms with van der Waals surface area (Å²) in [6.45, 7) is 0. The van der Waals surface area contributed by atoms with Gasteiger partial charge in [0.1, 0.15) is 0 Å². The molecule has 1 nitrogen and oxygen atoms in total. The standard InChI is InChI=1S/C9H5ClF3N/c1-2-8(10,9(11,12)13)7-5-3-4-6-14-7/h1,3-6H. The molecule has 1 aromatic rings. The number of hydrogen-bond acceptors (Lipinski definition) is 1. The second-order valence-corrected chi connectivity index (χ2v) is 3.08. The first-order valence-electron chi connectivity index (χ1n) is 3.57. The van der Waals surface area contributed by atoms with E-state index < -0.39 is 16.7 Å². The fraction of sp³-hybridized carbons (Fsp3) is 0.222. The largest absolute Gasteiger partial charge is 0.424 e. The second-order valence-electron chi connectivity index (χ2n) is 2.52. The van der Waals surface area contributed by atoms with Gasteiger partial charge in [0.05, 0.1) is 5.69 Å². The van der Waals surface area contributed by atoms with Gasteiger partial charge in [-0.3, -0.25) is 4.98 Å². The van der Waals surface area contributed by atoms with Gasteiger partial charge in [-0.2, -0.15) is 13.2 Å². The summed E-state index contributed by atoms with van der Waals surface area (Å²) in [6.07, 6.45) is 1.26. The quantitative estimate of drug-likeness (QED) is 0.523. The van der Waals surface area contributed by atoms with E-state index in [1.165, 1.54) is 24.3 Å². The molecule has 0 aliphatic carbocycles. The van der Waals surface area contributed by atoms with Gasteiger partial charge in [-0.25, -0.2) is 0 Å². The lowest BCUT2D eigenvalue weighted by Gasteiger charge is -2.23. The SMILES string of the molecule is C#CC(Cl)(c1ccccn1)C(F)(F)F. The summed E-state index contributed by atoms with van der Waals surface area (Å²) in [5.41, 5.74) is -0.392. The number of hydrogen-bond donors (Lipinski definition) is 0. The molecule has 0 saturated heterocycles. The van der Waals surface area contributed by atoms with Crippen molar-refractivity contribution in [1.29, 1.82) is 0 Å². The van der Waals surface area contributed by atoms with Crippen LogP contribution in [0.2, 0.25) is 0 Å². The van der Waals surface area contributed by atoms with E-state index in [1.54, 1.807) is 0 Å². The maximum atomic E-state index is 12.5. The predicted octanol–water partition coefficient (Wildman–Crippen LogP) is 2.71. The summed E-state index contributed by atoms with van der Waals surface area (Å²) in [5, 5.41) is 0. The summed E-state index contributed by atoms with van der Waals surface area (Å²) >= 11 is 5.30. The zero-order valence-corrected chi connectivity index (χ0v) is 7.60. The topological polar surface area (TPSA) is 12.9 Å². The van der Waals surface area contributed by atoms with Crippen molar-refractivity contribution in [2.75, 3.05) is 0 Å². The first-order chi connectivity index (χ1) is 6.42. The lowest BCUT2D eigenvalue weighted by molar-refractivity contribution is -0.150. The minimum Gasteiger partial charge on any atom is -0.258 e. The number of terminal acetylenes is 1. The second kappa shape index (κ2) is 3.50. The molecule has 0 aliphatic rings. The number of halogens is 4. The molecule has 1 heterocycles. The van der Waals surface area contributed by atoms with Crippen LogP contribution in [0.25, 0.3) is 0 Å². The smallest absolute Gasteiger partial charge is 0.258 e. The predicted molar refractivity (Wildman–Crippen MR) is 46.7 cm³/mol. The van der Waals surface area contributed by atoms with E-state index in [4.69, 9.17) is 18.0 Å². The molecule has 0 bridgehead atoms. The number of rotatable bonds is 1. The molecular formula is C9H5ClF3N. The van der Waals surface area contributed by atoms with E-state index in [0.29, 0.717) is 0 Å². The van der Waals surface area contributed by atoms with Crippen molar-refractivity contribution in [3.8, 4) is 12.3 Å². The molecule has 1 atom stereocenters. The van der Waals surface area contributed by atoms with Crippen molar-refractivity contribution in [3.05, 3.63) is 30.1 Å². The van der Waals surface area contributed by atoms with Crippen LogP contribution in [0, 0.1) is 12.3 Å². The van der Waals surface area contributed by atoms with E-state index >= 15 is 0 Å². The number of pyridine rings is 1. The van der Waals surface area contributed by atoms with Gasteiger partial charge in [0.2, 0.25) is 4.87 Å². The molecule has 1 unspecified atom stereocenters. The number of nitrogens with zero attached hydrogens (tertiary/aromatic N) is 1. The van der Waals surface area contributed by atoms with Crippen LogP contribution < -0.4 is 0 Å². The van der Waals surface area contributed by atoms with Crippen LogP contribution >= 0.6 is 11.6 Å². The van der Waals surface area contributed by atoms with Crippen molar-refractivity contribution in [1.82, 2.24) is 4.98 Å².